The number of rotatable bonds is 4. The van der Waals surface area contributed by atoms with Crippen LogP contribution >= 0.6 is 0 Å². The molecule has 1 aliphatic carbocycles. The number of likely N-dealkylation sites (N-methyl/N-ethyl adjacent to an activating group) is 1. The number of nitrogens with one attached hydrogen (secondary N) is 1. The quantitative estimate of drug-likeness (QED) is 0.851. The van der Waals surface area contributed by atoms with Crippen LogP contribution in [0.4, 0.5) is 0 Å². The number of aliphatic hydroxyl groups is 1. The molecule has 0 spiro atoms. The minimum Gasteiger partial charge on any atom is -0.481 e. The van der Waals surface area contributed by atoms with Crippen LogP contribution in [0, 0.1) is 0 Å². The Labute approximate surface area is 107 Å². The summed E-state index contributed by atoms with van der Waals surface area (Å²) >= 11 is 0. The fourth-order valence-corrected chi connectivity index (χ4v) is 2.22. The molecule has 18 heavy (non-hydrogen) atoms. The van der Waals surface area contributed by atoms with Crippen LogP contribution in [0.5, 0.6) is 5.75 Å². The minimum atomic E-state index is -0.505. The van der Waals surface area contributed by atoms with Gasteiger partial charge in [-0.2, -0.15) is 0 Å². The van der Waals surface area contributed by atoms with Gasteiger partial charge >= 0.3 is 0 Å². The van der Waals surface area contributed by atoms with Crippen molar-refractivity contribution in [3.05, 3.63) is 29.3 Å². The number of carbonyl (C=O) groups excluding carboxylic acids is 1. The number of aliphatic hydroxyl groups excluding tert-OH is 1. The van der Waals surface area contributed by atoms with Gasteiger partial charge in [0, 0.05) is 6.54 Å². The molecule has 1 aromatic carbocycles. The minimum absolute atomic E-state index is 0.113. The van der Waals surface area contributed by atoms with Crippen molar-refractivity contribution >= 4 is 5.91 Å². The van der Waals surface area contributed by atoms with Crippen LogP contribution in [-0.4, -0.2) is 23.7 Å². The number of fused-ring (bicyclic) bond motifs is 1. The summed E-state index contributed by atoms with van der Waals surface area (Å²) in [6.45, 7) is 4.21. The smallest absolute Gasteiger partial charge is 0.260 e. The summed E-state index contributed by atoms with van der Waals surface area (Å²) < 4.78 is 5.60. The molecule has 0 aromatic heterocycles. The van der Waals surface area contributed by atoms with E-state index < -0.39 is 6.10 Å². The van der Waals surface area contributed by atoms with E-state index in [4.69, 9.17) is 4.74 Å². The van der Waals surface area contributed by atoms with E-state index >= 15 is 0 Å². The predicted molar refractivity (Wildman–Crippen MR) is 68.5 cm³/mol. The van der Waals surface area contributed by atoms with Gasteiger partial charge in [0.05, 0.1) is 6.10 Å². The second-order valence-electron chi connectivity index (χ2n) is 4.57. The highest BCUT2D eigenvalue weighted by atomic mass is 16.5. The number of carbonyl (C=O) groups is 1. The Kier molecular flexibility index (Phi) is 3.87. The van der Waals surface area contributed by atoms with E-state index in [-0.39, 0.29) is 12.0 Å². The van der Waals surface area contributed by atoms with Gasteiger partial charge in [0.1, 0.15) is 5.75 Å². The molecule has 4 heteroatoms. The third-order valence-electron chi connectivity index (χ3n) is 3.19. The molecular formula is C14H19NO3. The highest BCUT2D eigenvalue weighted by molar-refractivity contribution is 5.80. The van der Waals surface area contributed by atoms with E-state index in [9.17, 15) is 9.90 Å². The average Bonchev–Trinajstić information content (AvgIpc) is 2.71. The van der Waals surface area contributed by atoms with Crippen molar-refractivity contribution < 1.29 is 14.6 Å². The van der Waals surface area contributed by atoms with E-state index in [1.807, 2.05) is 25.1 Å². The highest BCUT2D eigenvalue weighted by Gasteiger charge is 2.21. The summed E-state index contributed by atoms with van der Waals surface area (Å²) in [6, 6.07) is 5.61. The van der Waals surface area contributed by atoms with E-state index in [1.54, 1.807) is 6.92 Å². The number of hydrogen-bond donors (Lipinski definition) is 2. The topological polar surface area (TPSA) is 58.6 Å². The van der Waals surface area contributed by atoms with Crippen LogP contribution in [0.2, 0.25) is 0 Å². The lowest BCUT2D eigenvalue weighted by molar-refractivity contribution is -0.127. The molecule has 2 atom stereocenters. The zero-order chi connectivity index (χ0) is 13.1. The molecule has 98 valence electrons. The van der Waals surface area contributed by atoms with Gasteiger partial charge in [-0.15, -0.1) is 0 Å². The van der Waals surface area contributed by atoms with Crippen LogP contribution < -0.4 is 10.1 Å². The van der Waals surface area contributed by atoms with Gasteiger partial charge in [-0.1, -0.05) is 6.07 Å². The summed E-state index contributed by atoms with van der Waals surface area (Å²) in [4.78, 5) is 11.6. The van der Waals surface area contributed by atoms with E-state index in [0.29, 0.717) is 12.3 Å². The number of benzene rings is 1. The Morgan fingerprint density at radius 2 is 2.39 bits per heavy atom. The van der Waals surface area contributed by atoms with Crippen molar-refractivity contribution in [1.82, 2.24) is 5.32 Å². The zero-order valence-corrected chi connectivity index (χ0v) is 10.8. The van der Waals surface area contributed by atoms with Crippen LogP contribution in [0.15, 0.2) is 18.2 Å². The monoisotopic (exact) mass is 249 g/mol. The summed E-state index contributed by atoms with van der Waals surface area (Å²) in [5.41, 5.74) is 2.09. The van der Waals surface area contributed by atoms with Crippen molar-refractivity contribution in [3.63, 3.8) is 0 Å². The van der Waals surface area contributed by atoms with Gasteiger partial charge in [-0.05, 0) is 49.9 Å². The largest absolute Gasteiger partial charge is 0.481 e. The third kappa shape index (κ3) is 2.64. The molecule has 0 saturated heterocycles. The van der Waals surface area contributed by atoms with Gasteiger partial charge in [0.2, 0.25) is 0 Å². The van der Waals surface area contributed by atoms with Gasteiger partial charge in [0.25, 0.3) is 5.91 Å². The van der Waals surface area contributed by atoms with Gasteiger partial charge < -0.3 is 15.2 Å². The Balaban J connectivity index is 2.05. The second kappa shape index (κ2) is 5.40. The number of aryl methyl sites for hydroxylation is 1. The summed E-state index contributed by atoms with van der Waals surface area (Å²) in [6.07, 6.45) is 0.776. The molecule has 0 heterocycles. The SMILES string of the molecule is CCNC(=O)C(C)Oc1ccc2c(c1)CCC2O. The van der Waals surface area contributed by atoms with Crippen molar-refractivity contribution in [2.24, 2.45) is 0 Å². The molecule has 2 N–H and O–H groups in total. The molecule has 0 fully saturated rings. The maximum atomic E-state index is 11.6. The Hall–Kier alpha value is -1.55. The molecule has 2 unspecified atom stereocenters. The number of hydrogen-bond acceptors (Lipinski definition) is 3. The molecule has 0 aliphatic heterocycles. The first-order valence-corrected chi connectivity index (χ1v) is 6.37. The molecule has 4 nitrogen and oxygen atoms in total. The number of amides is 1. The van der Waals surface area contributed by atoms with E-state index in [0.717, 1.165) is 24.0 Å². The molecule has 0 bridgehead atoms. The van der Waals surface area contributed by atoms with Gasteiger partial charge in [-0.3, -0.25) is 4.79 Å². The normalized spacial score (nSPS) is 19.2. The Bertz CT molecular complexity index is 445. The standard InChI is InChI=1S/C14H19NO3/c1-3-15-14(17)9(2)18-11-5-6-12-10(8-11)4-7-13(12)16/h5-6,8-9,13,16H,3-4,7H2,1-2H3,(H,15,17). The van der Waals surface area contributed by atoms with Crippen molar-refractivity contribution in [1.29, 1.82) is 0 Å². The summed E-state index contributed by atoms with van der Waals surface area (Å²) in [5, 5.41) is 12.4. The first kappa shape index (κ1) is 12.9. The van der Waals surface area contributed by atoms with Crippen LogP contribution in [0.3, 0.4) is 0 Å². The maximum absolute atomic E-state index is 11.6. The molecule has 0 radical (unpaired) electrons. The van der Waals surface area contributed by atoms with Crippen LogP contribution in [-0.2, 0) is 11.2 Å². The van der Waals surface area contributed by atoms with Crippen molar-refractivity contribution in [2.45, 2.75) is 38.9 Å². The third-order valence-corrected chi connectivity index (χ3v) is 3.19. The number of ether oxygens (including phenoxy) is 1. The van der Waals surface area contributed by atoms with Crippen molar-refractivity contribution in [3.8, 4) is 5.75 Å². The molecular weight excluding hydrogens is 230 g/mol. The predicted octanol–water partition coefficient (Wildman–Crippen LogP) is 1.57. The zero-order valence-electron chi connectivity index (χ0n) is 10.8. The van der Waals surface area contributed by atoms with Gasteiger partial charge in [-0.25, -0.2) is 0 Å². The maximum Gasteiger partial charge on any atom is 0.260 e. The fraction of sp³-hybridized carbons (Fsp3) is 0.500. The summed E-state index contributed by atoms with van der Waals surface area (Å²) in [5.74, 6) is 0.569. The first-order chi connectivity index (χ1) is 8.61. The van der Waals surface area contributed by atoms with E-state index in [2.05, 4.69) is 5.32 Å². The summed E-state index contributed by atoms with van der Waals surface area (Å²) in [7, 11) is 0. The molecule has 0 saturated carbocycles. The second-order valence-corrected chi connectivity index (χ2v) is 4.57. The van der Waals surface area contributed by atoms with Crippen molar-refractivity contribution in [2.75, 3.05) is 6.54 Å². The van der Waals surface area contributed by atoms with Crippen LogP contribution in [0.1, 0.15) is 37.5 Å². The molecule has 1 aromatic rings. The Morgan fingerprint density at radius 1 is 1.61 bits per heavy atom. The van der Waals surface area contributed by atoms with E-state index in [1.165, 1.54) is 0 Å². The lowest BCUT2D eigenvalue weighted by Crippen LogP contribution is -2.36. The van der Waals surface area contributed by atoms with Crippen LogP contribution in [0.25, 0.3) is 0 Å². The Morgan fingerprint density at radius 3 is 3.11 bits per heavy atom. The lowest BCUT2D eigenvalue weighted by Gasteiger charge is -2.15. The fourth-order valence-electron chi connectivity index (χ4n) is 2.22. The molecule has 1 amide bonds. The average molecular weight is 249 g/mol. The van der Waals surface area contributed by atoms with Gasteiger partial charge in [0.15, 0.2) is 6.10 Å². The highest BCUT2D eigenvalue weighted by Crippen LogP contribution is 2.33. The molecule has 2 rings (SSSR count). The lowest BCUT2D eigenvalue weighted by atomic mass is 10.1. The first-order valence-electron chi connectivity index (χ1n) is 6.37. The molecule has 1 aliphatic rings.